The molecule has 0 saturated heterocycles. The highest BCUT2D eigenvalue weighted by Gasteiger charge is 2.16. The maximum atomic E-state index is 11.8. The van der Waals surface area contributed by atoms with Crippen LogP contribution in [0.25, 0.3) is 16.8 Å². The molecule has 0 bridgehead atoms. The van der Waals surface area contributed by atoms with Crippen molar-refractivity contribution in [2.24, 2.45) is 4.99 Å². The zero-order valence-corrected chi connectivity index (χ0v) is 15.3. The molecular weight excluding hydrogens is 364 g/mol. The van der Waals surface area contributed by atoms with Gasteiger partial charge in [0, 0.05) is 34.5 Å². The summed E-state index contributed by atoms with van der Waals surface area (Å²) < 4.78 is 0. The molecule has 0 spiro atoms. The Morgan fingerprint density at radius 1 is 1.33 bits per heavy atom. The first-order valence-electron chi connectivity index (χ1n) is 8.45. The molecule has 0 atom stereocenters. The minimum atomic E-state index is -0.0445. The van der Waals surface area contributed by atoms with Crippen LogP contribution in [-0.4, -0.2) is 42.4 Å². The lowest BCUT2D eigenvalue weighted by atomic mass is 10.0. The molecule has 1 aliphatic heterocycles. The third-order valence-electron chi connectivity index (χ3n) is 3.91. The lowest BCUT2D eigenvalue weighted by Gasteiger charge is -2.16. The Hall–Kier alpha value is -2.96. The molecule has 1 aromatic heterocycles. The van der Waals surface area contributed by atoms with Crippen molar-refractivity contribution < 1.29 is 9.90 Å². The molecule has 0 saturated carbocycles. The zero-order chi connectivity index (χ0) is 19.1. The van der Waals surface area contributed by atoms with E-state index < -0.39 is 0 Å². The van der Waals surface area contributed by atoms with Crippen LogP contribution in [0.4, 0.5) is 5.69 Å². The Kier molecular flexibility index (Phi) is 6.35. The Labute approximate surface area is 162 Å². The number of carbonyl (C=O) groups excluding carboxylic acids is 1. The number of rotatable bonds is 7. The predicted octanol–water partition coefficient (Wildman–Crippen LogP) is 3.15. The molecule has 6 nitrogen and oxygen atoms in total. The van der Waals surface area contributed by atoms with Gasteiger partial charge in [0.2, 0.25) is 0 Å². The Balaban J connectivity index is 2.10. The van der Waals surface area contributed by atoms with Gasteiger partial charge in [0.25, 0.3) is 0 Å². The summed E-state index contributed by atoms with van der Waals surface area (Å²) in [6.07, 6.45) is 8.05. The quantitative estimate of drug-likeness (QED) is 0.389. The van der Waals surface area contributed by atoms with Crippen LogP contribution in [-0.2, 0) is 0 Å². The molecule has 0 amide bonds. The summed E-state index contributed by atoms with van der Waals surface area (Å²) >= 11 is 5.97. The third kappa shape index (κ3) is 4.61. The number of dihydropyridines is 1. The van der Waals surface area contributed by atoms with Gasteiger partial charge in [0.15, 0.2) is 6.29 Å². The van der Waals surface area contributed by atoms with Crippen LogP contribution in [0.5, 0.6) is 0 Å². The summed E-state index contributed by atoms with van der Waals surface area (Å²) in [5, 5.41) is 15.7. The number of anilines is 1. The highest BCUT2D eigenvalue weighted by molar-refractivity contribution is 6.30. The van der Waals surface area contributed by atoms with E-state index in [-0.39, 0.29) is 13.2 Å². The molecule has 3 rings (SSSR count). The first-order chi connectivity index (χ1) is 13.2. The number of hydrogen-bond donors (Lipinski definition) is 3. The van der Waals surface area contributed by atoms with Crippen molar-refractivity contribution in [3.8, 4) is 11.3 Å². The van der Waals surface area contributed by atoms with E-state index in [1.165, 1.54) is 6.34 Å². The smallest absolute Gasteiger partial charge is 0.152 e. The number of aliphatic imine (C=N–C) groups is 1. The highest BCUT2D eigenvalue weighted by atomic mass is 35.5. The number of allylic oxidation sites excluding steroid dienone is 2. The van der Waals surface area contributed by atoms with Crippen molar-refractivity contribution in [2.75, 3.05) is 25.0 Å². The van der Waals surface area contributed by atoms with E-state index >= 15 is 0 Å². The lowest BCUT2D eigenvalue weighted by molar-refractivity contribution is 0.112. The van der Waals surface area contributed by atoms with Crippen molar-refractivity contribution in [3.05, 3.63) is 65.0 Å². The fourth-order valence-electron chi connectivity index (χ4n) is 2.64. The number of pyridine rings is 1. The first-order valence-corrected chi connectivity index (χ1v) is 8.83. The van der Waals surface area contributed by atoms with E-state index in [0.717, 1.165) is 24.0 Å². The molecule has 27 heavy (non-hydrogen) atoms. The number of aldehydes is 1. The number of aliphatic hydroxyl groups is 1. The second-order valence-electron chi connectivity index (χ2n) is 5.76. The minimum Gasteiger partial charge on any atom is -0.394 e. The van der Waals surface area contributed by atoms with Gasteiger partial charge < -0.3 is 15.7 Å². The molecule has 3 N–H and O–H groups in total. The van der Waals surface area contributed by atoms with Gasteiger partial charge in [-0.25, -0.2) is 4.98 Å². The number of aliphatic hydroxyl groups excluding tert-OH is 1. The summed E-state index contributed by atoms with van der Waals surface area (Å²) in [6.45, 7) is 0.970. The van der Waals surface area contributed by atoms with Gasteiger partial charge in [-0.05, 0) is 18.2 Å². The SMILES string of the molecule is O=Cc1cc(-c2ccc(Cl)cc2)nc(C2=CNCC=C2)c1NC=NCCO. The Morgan fingerprint density at radius 2 is 2.15 bits per heavy atom. The van der Waals surface area contributed by atoms with E-state index in [9.17, 15) is 4.79 Å². The van der Waals surface area contributed by atoms with Gasteiger partial charge in [0.05, 0.1) is 36.6 Å². The summed E-state index contributed by atoms with van der Waals surface area (Å²) in [5.74, 6) is 0. The van der Waals surface area contributed by atoms with Crippen LogP contribution >= 0.6 is 11.6 Å². The fourth-order valence-corrected chi connectivity index (χ4v) is 2.76. The number of benzene rings is 1. The van der Waals surface area contributed by atoms with Crippen molar-refractivity contribution in [1.82, 2.24) is 10.3 Å². The predicted molar refractivity (Wildman–Crippen MR) is 109 cm³/mol. The maximum absolute atomic E-state index is 11.8. The third-order valence-corrected chi connectivity index (χ3v) is 4.16. The minimum absolute atomic E-state index is 0.0445. The number of aromatic nitrogens is 1. The molecule has 0 unspecified atom stereocenters. The number of nitrogens with zero attached hydrogens (tertiary/aromatic N) is 2. The van der Waals surface area contributed by atoms with E-state index in [1.807, 2.05) is 30.5 Å². The van der Waals surface area contributed by atoms with Crippen LogP contribution in [0.3, 0.4) is 0 Å². The topological polar surface area (TPSA) is 86.6 Å². The average Bonchev–Trinajstić information content (AvgIpc) is 2.72. The van der Waals surface area contributed by atoms with E-state index in [1.54, 1.807) is 18.2 Å². The molecule has 0 aliphatic carbocycles. The second kappa shape index (κ2) is 9.12. The molecular formula is C20H19ClN4O2. The monoisotopic (exact) mass is 382 g/mol. The van der Waals surface area contributed by atoms with E-state index in [2.05, 4.69) is 15.6 Å². The van der Waals surface area contributed by atoms with Crippen molar-refractivity contribution >= 4 is 35.5 Å². The Bertz CT molecular complexity index is 905. The molecule has 2 aromatic rings. The van der Waals surface area contributed by atoms with Crippen LogP contribution < -0.4 is 10.6 Å². The molecule has 0 fully saturated rings. The largest absolute Gasteiger partial charge is 0.394 e. The number of hydrogen-bond acceptors (Lipinski definition) is 5. The van der Waals surface area contributed by atoms with Crippen molar-refractivity contribution in [3.63, 3.8) is 0 Å². The van der Waals surface area contributed by atoms with Crippen molar-refractivity contribution in [2.45, 2.75) is 0 Å². The van der Waals surface area contributed by atoms with E-state index in [4.69, 9.17) is 21.7 Å². The van der Waals surface area contributed by atoms with Crippen LogP contribution in [0.1, 0.15) is 16.1 Å². The van der Waals surface area contributed by atoms with Gasteiger partial charge in [-0.2, -0.15) is 0 Å². The molecule has 0 radical (unpaired) electrons. The zero-order valence-electron chi connectivity index (χ0n) is 14.5. The van der Waals surface area contributed by atoms with Crippen LogP contribution in [0.2, 0.25) is 5.02 Å². The first kappa shape index (κ1) is 18.8. The summed E-state index contributed by atoms with van der Waals surface area (Å²) in [7, 11) is 0. The summed E-state index contributed by atoms with van der Waals surface area (Å²) in [5.41, 5.74) is 4.02. The average molecular weight is 383 g/mol. The van der Waals surface area contributed by atoms with Gasteiger partial charge in [-0.15, -0.1) is 0 Å². The number of carbonyl (C=O) groups is 1. The van der Waals surface area contributed by atoms with Gasteiger partial charge in [0.1, 0.15) is 0 Å². The van der Waals surface area contributed by atoms with Gasteiger partial charge in [-0.1, -0.05) is 35.9 Å². The molecule has 1 aromatic carbocycles. The van der Waals surface area contributed by atoms with Gasteiger partial charge in [-0.3, -0.25) is 9.79 Å². The van der Waals surface area contributed by atoms with Gasteiger partial charge >= 0.3 is 0 Å². The maximum Gasteiger partial charge on any atom is 0.152 e. The molecule has 138 valence electrons. The van der Waals surface area contributed by atoms with E-state index in [0.29, 0.717) is 27.7 Å². The lowest BCUT2D eigenvalue weighted by Crippen LogP contribution is -2.12. The fraction of sp³-hybridized carbons (Fsp3) is 0.150. The second-order valence-corrected chi connectivity index (χ2v) is 6.20. The Morgan fingerprint density at radius 3 is 2.81 bits per heavy atom. The van der Waals surface area contributed by atoms with Crippen molar-refractivity contribution in [1.29, 1.82) is 0 Å². The summed E-state index contributed by atoms with van der Waals surface area (Å²) in [4.78, 5) is 20.6. The van der Waals surface area contributed by atoms with Crippen LogP contribution in [0.15, 0.2) is 53.7 Å². The number of halogens is 1. The highest BCUT2D eigenvalue weighted by Crippen LogP contribution is 2.31. The molecule has 2 heterocycles. The molecule has 1 aliphatic rings. The van der Waals surface area contributed by atoms with Crippen LogP contribution in [0, 0.1) is 0 Å². The normalized spacial score (nSPS) is 13.3. The standard InChI is InChI=1S/C20H19ClN4O2/c21-17-5-3-14(4-6-17)18-10-16(12-27)19(24-13-23-8-9-26)20(25-18)15-2-1-7-22-11-15/h1-6,10-13,22,26H,7-9H2,(H,23,24). The molecule has 7 heteroatoms. The number of nitrogens with one attached hydrogen (secondary N) is 2. The summed E-state index contributed by atoms with van der Waals surface area (Å²) in [6, 6.07) is 9.02.